The number of hydrogen-bond acceptors (Lipinski definition) is 2. The van der Waals surface area contributed by atoms with E-state index in [0.717, 1.165) is 0 Å². The molecule has 0 aliphatic carbocycles. The number of carbonyl (C=O) groups excluding carboxylic acids is 2. The lowest BCUT2D eigenvalue weighted by Crippen LogP contribution is -2.54. The van der Waals surface area contributed by atoms with E-state index in [9.17, 15) is 9.59 Å². The summed E-state index contributed by atoms with van der Waals surface area (Å²) in [6.07, 6.45) is 0.971. The molecule has 0 bridgehead atoms. The summed E-state index contributed by atoms with van der Waals surface area (Å²) in [7, 11) is 0. The highest BCUT2D eigenvalue weighted by molar-refractivity contribution is 5.93. The van der Waals surface area contributed by atoms with E-state index in [4.69, 9.17) is 0 Å². The molecule has 0 saturated carbocycles. The maximum absolute atomic E-state index is 11.6. The van der Waals surface area contributed by atoms with Gasteiger partial charge in [-0.25, -0.2) is 0 Å². The molecule has 0 aromatic heterocycles. The van der Waals surface area contributed by atoms with Crippen molar-refractivity contribution >= 4 is 11.8 Å². The highest BCUT2D eigenvalue weighted by Crippen LogP contribution is 2.13. The monoisotopic (exact) mass is 184 g/mol. The maximum atomic E-state index is 11.6. The Morgan fingerprint density at radius 2 is 2.15 bits per heavy atom. The summed E-state index contributed by atoms with van der Waals surface area (Å²) in [4.78, 5) is 22.9. The van der Waals surface area contributed by atoms with Gasteiger partial charge in [0.05, 0.1) is 0 Å². The zero-order valence-electron chi connectivity index (χ0n) is 8.31. The van der Waals surface area contributed by atoms with E-state index in [2.05, 4.69) is 10.6 Å². The first-order valence-electron chi connectivity index (χ1n) is 4.60. The Balaban J connectivity index is 2.86. The highest BCUT2D eigenvalue weighted by atomic mass is 16.2. The van der Waals surface area contributed by atoms with E-state index in [0.29, 0.717) is 12.8 Å². The zero-order valence-corrected chi connectivity index (χ0v) is 8.31. The van der Waals surface area contributed by atoms with Crippen molar-refractivity contribution in [1.82, 2.24) is 10.6 Å². The van der Waals surface area contributed by atoms with Crippen LogP contribution < -0.4 is 10.6 Å². The van der Waals surface area contributed by atoms with Gasteiger partial charge in [0.1, 0.15) is 5.54 Å². The van der Waals surface area contributed by atoms with Gasteiger partial charge in [-0.15, -0.1) is 0 Å². The van der Waals surface area contributed by atoms with Crippen LogP contribution in [0.15, 0.2) is 0 Å². The summed E-state index contributed by atoms with van der Waals surface area (Å²) in [5.41, 5.74) is -0.734. The van der Waals surface area contributed by atoms with Crippen LogP contribution in [0.25, 0.3) is 0 Å². The quantitative estimate of drug-likeness (QED) is 0.610. The molecule has 1 saturated heterocycles. The van der Waals surface area contributed by atoms with Gasteiger partial charge in [-0.2, -0.15) is 0 Å². The summed E-state index contributed by atoms with van der Waals surface area (Å²) < 4.78 is 0. The summed E-state index contributed by atoms with van der Waals surface area (Å²) >= 11 is 0. The van der Waals surface area contributed by atoms with Crippen LogP contribution in [0.1, 0.15) is 33.6 Å². The molecule has 1 heterocycles. The van der Waals surface area contributed by atoms with Gasteiger partial charge in [0.2, 0.25) is 11.8 Å². The van der Waals surface area contributed by atoms with Crippen LogP contribution in [0.3, 0.4) is 0 Å². The molecule has 1 rings (SSSR count). The van der Waals surface area contributed by atoms with Gasteiger partial charge in [0.15, 0.2) is 0 Å². The van der Waals surface area contributed by atoms with Crippen molar-refractivity contribution in [3.05, 3.63) is 0 Å². The second kappa shape index (κ2) is 3.36. The Kier molecular flexibility index (Phi) is 2.59. The van der Waals surface area contributed by atoms with Crippen LogP contribution in [-0.2, 0) is 9.59 Å². The molecule has 0 aromatic rings. The molecule has 1 aliphatic heterocycles. The third-order valence-corrected chi connectivity index (χ3v) is 2.49. The first kappa shape index (κ1) is 10.0. The number of rotatable bonds is 1. The largest absolute Gasteiger partial charge is 0.351 e. The van der Waals surface area contributed by atoms with Crippen molar-refractivity contribution in [3.8, 4) is 0 Å². The van der Waals surface area contributed by atoms with Crippen LogP contribution in [0.5, 0.6) is 0 Å². The molecule has 13 heavy (non-hydrogen) atoms. The van der Waals surface area contributed by atoms with Gasteiger partial charge in [0, 0.05) is 12.5 Å². The Morgan fingerprint density at radius 1 is 1.54 bits per heavy atom. The predicted octanol–water partition coefficient (Wildman–Crippen LogP) is 0.180. The molecule has 0 spiro atoms. The highest BCUT2D eigenvalue weighted by Gasteiger charge is 2.36. The summed E-state index contributed by atoms with van der Waals surface area (Å²) in [6, 6.07) is -0.0686. The van der Waals surface area contributed by atoms with E-state index in [1.165, 1.54) is 0 Å². The molecule has 2 amide bonds. The first-order chi connectivity index (χ1) is 5.98. The van der Waals surface area contributed by atoms with E-state index in [-0.39, 0.29) is 17.9 Å². The lowest BCUT2D eigenvalue weighted by molar-refractivity contribution is -0.130. The molecule has 74 valence electrons. The van der Waals surface area contributed by atoms with Gasteiger partial charge >= 0.3 is 0 Å². The van der Waals surface area contributed by atoms with Crippen molar-refractivity contribution in [3.63, 3.8) is 0 Å². The molecule has 2 N–H and O–H groups in total. The standard InChI is InChI=1S/C9H16N2O2/c1-4-9(3)8(13)10-6(2)5-7(12)11-9/h6H,4-5H2,1-3H3,(H,10,13)(H,11,12). The minimum Gasteiger partial charge on any atom is -0.351 e. The fourth-order valence-corrected chi connectivity index (χ4v) is 1.38. The number of carbonyl (C=O) groups is 2. The van der Waals surface area contributed by atoms with Crippen LogP contribution in [0.2, 0.25) is 0 Å². The Labute approximate surface area is 78.1 Å². The lowest BCUT2D eigenvalue weighted by Gasteiger charge is -2.25. The van der Waals surface area contributed by atoms with Gasteiger partial charge in [0.25, 0.3) is 0 Å². The molecular weight excluding hydrogens is 168 g/mol. The van der Waals surface area contributed by atoms with Gasteiger partial charge in [-0.3, -0.25) is 9.59 Å². The second-order valence-electron chi connectivity index (χ2n) is 3.81. The van der Waals surface area contributed by atoms with Crippen LogP contribution in [0, 0.1) is 0 Å². The van der Waals surface area contributed by atoms with Crippen molar-refractivity contribution in [2.75, 3.05) is 0 Å². The number of hydrogen-bond donors (Lipinski definition) is 2. The minimum absolute atomic E-state index is 0.0600. The Hall–Kier alpha value is -1.06. The van der Waals surface area contributed by atoms with Crippen LogP contribution in [-0.4, -0.2) is 23.4 Å². The number of nitrogens with one attached hydrogen (secondary N) is 2. The molecule has 2 unspecified atom stereocenters. The molecule has 0 aromatic carbocycles. The molecule has 1 fully saturated rings. The topological polar surface area (TPSA) is 58.2 Å². The fraction of sp³-hybridized carbons (Fsp3) is 0.778. The Bertz CT molecular complexity index is 240. The van der Waals surface area contributed by atoms with E-state index < -0.39 is 5.54 Å². The van der Waals surface area contributed by atoms with Gasteiger partial charge < -0.3 is 10.6 Å². The van der Waals surface area contributed by atoms with Crippen LogP contribution >= 0.6 is 0 Å². The third-order valence-electron chi connectivity index (χ3n) is 2.49. The normalized spacial score (nSPS) is 34.8. The zero-order chi connectivity index (χ0) is 10.1. The molecule has 0 radical (unpaired) electrons. The van der Waals surface area contributed by atoms with E-state index in [1.807, 2.05) is 13.8 Å². The van der Waals surface area contributed by atoms with Crippen molar-refractivity contribution in [2.24, 2.45) is 0 Å². The fourth-order valence-electron chi connectivity index (χ4n) is 1.38. The molecular formula is C9H16N2O2. The maximum Gasteiger partial charge on any atom is 0.245 e. The third kappa shape index (κ3) is 1.99. The van der Waals surface area contributed by atoms with E-state index in [1.54, 1.807) is 6.92 Å². The molecule has 4 nitrogen and oxygen atoms in total. The second-order valence-corrected chi connectivity index (χ2v) is 3.81. The molecule has 2 atom stereocenters. The Morgan fingerprint density at radius 3 is 2.69 bits per heavy atom. The predicted molar refractivity (Wildman–Crippen MR) is 49.1 cm³/mol. The first-order valence-corrected chi connectivity index (χ1v) is 4.60. The average Bonchev–Trinajstić information content (AvgIpc) is 2.10. The van der Waals surface area contributed by atoms with Crippen LogP contribution in [0.4, 0.5) is 0 Å². The van der Waals surface area contributed by atoms with Gasteiger partial charge in [-0.05, 0) is 20.3 Å². The summed E-state index contributed by atoms with van der Waals surface area (Å²) in [5, 5.41) is 5.53. The van der Waals surface area contributed by atoms with Crippen molar-refractivity contribution in [2.45, 2.75) is 45.2 Å². The molecule has 4 heteroatoms. The SMILES string of the molecule is CCC1(C)NC(=O)CC(C)NC1=O. The average molecular weight is 184 g/mol. The van der Waals surface area contributed by atoms with E-state index >= 15 is 0 Å². The smallest absolute Gasteiger partial charge is 0.245 e. The summed E-state index contributed by atoms with van der Waals surface area (Å²) in [6.45, 7) is 5.47. The van der Waals surface area contributed by atoms with Crippen molar-refractivity contribution in [1.29, 1.82) is 0 Å². The molecule has 1 aliphatic rings. The number of amides is 2. The van der Waals surface area contributed by atoms with Crippen molar-refractivity contribution < 1.29 is 9.59 Å². The van der Waals surface area contributed by atoms with Gasteiger partial charge in [-0.1, -0.05) is 6.92 Å². The lowest BCUT2D eigenvalue weighted by atomic mass is 9.98. The summed E-state index contributed by atoms with van der Waals surface area (Å²) in [5.74, 6) is -0.149. The minimum atomic E-state index is -0.734.